The van der Waals surface area contributed by atoms with Crippen LogP contribution in [-0.2, 0) is 0 Å². The van der Waals surface area contributed by atoms with Crippen molar-refractivity contribution >= 4 is 0 Å². The van der Waals surface area contributed by atoms with Gasteiger partial charge in [0.15, 0.2) is 0 Å². The van der Waals surface area contributed by atoms with E-state index in [2.05, 4.69) is 59.8 Å². The largest absolute Gasteiger partial charge is 0.0776 e. The SMILES string of the molecule is CC1C=CC(C(C)(C)C(C)(C)C)=C1. The zero-order valence-electron chi connectivity index (χ0n) is 9.81. The van der Waals surface area contributed by atoms with Gasteiger partial charge in [-0.1, -0.05) is 59.8 Å². The predicted molar refractivity (Wildman–Crippen MR) is 59.6 cm³/mol. The normalized spacial score (nSPS) is 23.5. The summed E-state index contributed by atoms with van der Waals surface area (Å²) in [6.07, 6.45) is 6.95. The highest BCUT2D eigenvalue weighted by molar-refractivity contribution is 5.34. The highest BCUT2D eigenvalue weighted by Crippen LogP contribution is 2.46. The molecule has 0 heteroatoms. The third-order valence-electron chi connectivity index (χ3n) is 3.62. The van der Waals surface area contributed by atoms with Crippen LogP contribution in [0.1, 0.15) is 41.5 Å². The molecule has 1 aliphatic carbocycles. The van der Waals surface area contributed by atoms with Crippen LogP contribution in [0.25, 0.3) is 0 Å². The van der Waals surface area contributed by atoms with Crippen molar-refractivity contribution in [2.24, 2.45) is 16.7 Å². The number of allylic oxidation sites excluding steroid dienone is 4. The molecule has 1 aliphatic rings. The molecule has 0 heterocycles. The van der Waals surface area contributed by atoms with E-state index in [4.69, 9.17) is 0 Å². The van der Waals surface area contributed by atoms with Gasteiger partial charge in [0.1, 0.15) is 0 Å². The first-order chi connectivity index (χ1) is 5.75. The predicted octanol–water partition coefficient (Wildman–Crippen LogP) is 4.19. The van der Waals surface area contributed by atoms with E-state index in [0.717, 1.165) is 0 Å². The van der Waals surface area contributed by atoms with E-state index >= 15 is 0 Å². The molecule has 0 aromatic heterocycles. The van der Waals surface area contributed by atoms with Gasteiger partial charge in [-0.25, -0.2) is 0 Å². The molecule has 0 radical (unpaired) electrons. The Morgan fingerprint density at radius 1 is 1.08 bits per heavy atom. The lowest BCUT2D eigenvalue weighted by Gasteiger charge is -2.39. The lowest BCUT2D eigenvalue weighted by atomic mass is 9.65. The van der Waals surface area contributed by atoms with Crippen molar-refractivity contribution in [3.63, 3.8) is 0 Å². The molecule has 13 heavy (non-hydrogen) atoms. The topological polar surface area (TPSA) is 0 Å². The van der Waals surface area contributed by atoms with Gasteiger partial charge in [0.05, 0.1) is 0 Å². The maximum absolute atomic E-state index is 2.38. The van der Waals surface area contributed by atoms with Crippen molar-refractivity contribution < 1.29 is 0 Å². The average Bonchev–Trinajstić information content (AvgIpc) is 2.33. The van der Waals surface area contributed by atoms with Crippen molar-refractivity contribution in [3.05, 3.63) is 23.8 Å². The highest BCUT2D eigenvalue weighted by atomic mass is 14.4. The third-order valence-corrected chi connectivity index (χ3v) is 3.62. The van der Waals surface area contributed by atoms with Crippen LogP contribution >= 0.6 is 0 Å². The molecular weight excluding hydrogens is 156 g/mol. The van der Waals surface area contributed by atoms with Crippen molar-refractivity contribution in [1.29, 1.82) is 0 Å². The summed E-state index contributed by atoms with van der Waals surface area (Å²) in [5, 5.41) is 0. The maximum Gasteiger partial charge on any atom is -0.00581 e. The molecule has 0 amide bonds. The van der Waals surface area contributed by atoms with E-state index in [-0.39, 0.29) is 5.41 Å². The van der Waals surface area contributed by atoms with E-state index < -0.39 is 0 Å². The molecule has 0 bridgehead atoms. The van der Waals surface area contributed by atoms with E-state index in [1.54, 1.807) is 0 Å². The minimum absolute atomic E-state index is 0.272. The van der Waals surface area contributed by atoms with Gasteiger partial charge in [0.25, 0.3) is 0 Å². The summed E-state index contributed by atoms with van der Waals surface area (Å²) in [5.74, 6) is 0.622. The zero-order chi connectivity index (χ0) is 10.3. The van der Waals surface area contributed by atoms with Crippen molar-refractivity contribution in [1.82, 2.24) is 0 Å². The van der Waals surface area contributed by atoms with Crippen LogP contribution in [0, 0.1) is 16.7 Å². The van der Waals surface area contributed by atoms with E-state index in [0.29, 0.717) is 11.3 Å². The van der Waals surface area contributed by atoms with E-state index in [9.17, 15) is 0 Å². The number of rotatable bonds is 1. The lowest BCUT2D eigenvalue weighted by molar-refractivity contribution is 0.182. The monoisotopic (exact) mass is 178 g/mol. The molecule has 0 spiro atoms. The minimum Gasteiger partial charge on any atom is -0.0776 e. The van der Waals surface area contributed by atoms with Gasteiger partial charge in [0, 0.05) is 0 Å². The second-order valence-corrected chi connectivity index (χ2v) is 5.72. The number of hydrogen-bond donors (Lipinski definition) is 0. The van der Waals surface area contributed by atoms with Crippen LogP contribution in [-0.4, -0.2) is 0 Å². The van der Waals surface area contributed by atoms with Crippen LogP contribution in [0.5, 0.6) is 0 Å². The van der Waals surface area contributed by atoms with Gasteiger partial charge >= 0.3 is 0 Å². The third kappa shape index (κ3) is 1.87. The van der Waals surface area contributed by atoms with Crippen molar-refractivity contribution in [2.75, 3.05) is 0 Å². The Labute approximate surface area is 82.7 Å². The van der Waals surface area contributed by atoms with Crippen molar-refractivity contribution in [2.45, 2.75) is 41.5 Å². The molecular formula is C13H22. The molecule has 1 unspecified atom stereocenters. The Balaban J connectivity index is 2.95. The van der Waals surface area contributed by atoms with Gasteiger partial charge in [-0.15, -0.1) is 0 Å². The molecule has 0 fully saturated rings. The molecule has 0 N–H and O–H groups in total. The maximum atomic E-state index is 2.38. The van der Waals surface area contributed by atoms with Crippen LogP contribution in [0.2, 0.25) is 0 Å². The van der Waals surface area contributed by atoms with Gasteiger partial charge in [-0.2, -0.15) is 0 Å². The molecule has 74 valence electrons. The van der Waals surface area contributed by atoms with Gasteiger partial charge < -0.3 is 0 Å². The quantitative estimate of drug-likeness (QED) is 0.564. The molecule has 0 aromatic rings. The minimum atomic E-state index is 0.272. The molecule has 0 saturated carbocycles. The molecule has 1 atom stereocenters. The van der Waals surface area contributed by atoms with Crippen LogP contribution in [0.3, 0.4) is 0 Å². The van der Waals surface area contributed by atoms with E-state index in [1.807, 2.05) is 0 Å². The van der Waals surface area contributed by atoms with Gasteiger partial charge in [0.2, 0.25) is 0 Å². The number of hydrogen-bond acceptors (Lipinski definition) is 0. The van der Waals surface area contributed by atoms with Crippen molar-refractivity contribution in [3.8, 4) is 0 Å². The fourth-order valence-electron chi connectivity index (χ4n) is 1.50. The second-order valence-electron chi connectivity index (χ2n) is 5.72. The summed E-state index contributed by atoms with van der Waals surface area (Å²) < 4.78 is 0. The Bertz CT molecular complexity index is 246. The highest BCUT2D eigenvalue weighted by Gasteiger charge is 2.35. The Hall–Kier alpha value is -0.520. The van der Waals surface area contributed by atoms with Gasteiger partial charge in [-0.05, 0) is 22.3 Å². The smallest absolute Gasteiger partial charge is 0.00581 e. The standard InChI is InChI=1S/C13H22/c1-10-7-8-11(9-10)13(5,6)12(2,3)4/h7-10H,1-6H3. The first-order valence-corrected chi connectivity index (χ1v) is 5.15. The summed E-state index contributed by atoms with van der Waals surface area (Å²) in [4.78, 5) is 0. The Morgan fingerprint density at radius 2 is 1.62 bits per heavy atom. The average molecular weight is 178 g/mol. The molecule has 0 aromatic carbocycles. The molecule has 0 aliphatic heterocycles. The second kappa shape index (κ2) is 3.01. The fraction of sp³-hybridized carbons (Fsp3) is 0.692. The molecule has 0 nitrogen and oxygen atoms in total. The Morgan fingerprint density at radius 3 is 1.92 bits per heavy atom. The first kappa shape index (κ1) is 10.6. The van der Waals surface area contributed by atoms with Crippen LogP contribution in [0.15, 0.2) is 23.8 Å². The van der Waals surface area contributed by atoms with Crippen LogP contribution in [0.4, 0.5) is 0 Å². The molecule has 1 rings (SSSR count). The summed E-state index contributed by atoms with van der Waals surface area (Å²) >= 11 is 0. The lowest BCUT2D eigenvalue weighted by Crippen LogP contribution is -2.30. The zero-order valence-corrected chi connectivity index (χ0v) is 9.81. The van der Waals surface area contributed by atoms with E-state index in [1.165, 1.54) is 5.57 Å². The summed E-state index contributed by atoms with van der Waals surface area (Å²) in [7, 11) is 0. The fourth-order valence-corrected chi connectivity index (χ4v) is 1.50. The summed E-state index contributed by atoms with van der Waals surface area (Å²) in [5.41, 5.74) is 2.09. The summed E-state index contributed by atoms with van der Waals surface area (Å²) in [6, 6.07) is 0. The first-order valence-electron chi connectivity index (χ1n) is 5.15. The van der Waals surface area contributed by atoms with Crippen LogP contribution < -0.4 is 0 Å². The summed E-state index contributed by atoms with van der Waals surface area (Å²) in [6.45, 7) is 13.8. The Kier molecular flexibility index (Phi) is 2.44. The van der Waals surface area contributed by atoms with Gasteiger partial charge in [-0.3, -0.25) is 0 Å². The molecule has 0 saturated heterocycles.